The smallest absolute Gasteiger partial charge is 0.185 e. The van der Waals surface area contributed by atoms with E-state index in [0.29, 0.717) is 24.4 Å². The number of anilines is 1. The van der Waals surface area contributed by atoms with E-state index in [1.807, 2.05) is 12.1 Å². The number of aryl methyl sites for hydroxylation is 1. The van der Waals surface area contributed by atoms with Crippen molar-refractivity contribution in [2.75, 3.05) is 12.3 Å². The van der Waals surface area contributed by atoms with Crippen LogP contribution in [0.25, 0.3) is 22.1 Å². The van der Waals surface area contributed by atoms with Crippen LogP contribution >= 0.6 is 0 Å². The first-order valence-corrected chi connectivity index (χ1v) is 8.06. The van der Waals surface area contributed by atoms with Crippen LogP contribution < -0.4 is 17.2 Å². The Hall–Kier alpha value is -2.90. The topological polar surface area (TPSA) is 134 Å². The number of guanidine groups is 1. The minimum Gasteiger partial charge on any atom is -0.382 e. The lowest BCUT2D eigenvalue weighted by Crippen LogP contribution is -2.23. The maximum absolute atomic E-state index is 6.13. The van der Waals surface area contributed by atoms with Gasteiger partial charge in [0.05, 0.1) is 12.1 Å². The van der Waals surface area contributed by atoms with E-state index < -0.39 is 0 Å². The molecular formula is C16H22N8. The average Bonchev–Trinajstić information content (AvgIpc) is 2.92. The average molecular weight is 326 g/mol. The van der Waals surface area contributed by atoms with Crippen LogP contribution in [0.4, 0.5) is 5.82 Å². The van der Waals surface area contributed by atoms with Gasteiger partial charge in [0.1, 0.15) is 22.4 Å². The molecule has 24 heavy (non-hydrogen) atoms. The van der Waals surface area contributed by atoms with Gasteiger partial charge in [0.2, 0.25) is 0 Å². The maximum atomic E-state index is 6.13. The number of imidazole rings is 1. The monoisotopic (exact) mass is 326 g/mol. The van der Waals surface area contributed by atoms with Crippen molar-refractivity contribution in [2.24, 2.45) is 16.5 Å². The van der Waals surface area contributed by atoms with Gasteiger partial charge in [-0.05, 0) is 18.6 Å². The lowest BCUT2D eigenvalue weighted by atomic mass is 10.2. The van der Waals surface area contributed by atoms with Gasteiger partial charge in [-0.25, -0.2) is 9.97 Å². The van der Waals surface area contributed by atoms with E-state index in [2.05, 4.69) is 26.5 Å². The summed E-state index contributed by atoms with van der Waals surface area (Å²) in [6.07, 6.45) is 4.74. The molecule has 0 aliphatic heterocycles. The molecule has 0 aliphatic carbocycles. The molecule has 0 spiro atoms. The number of nitrogens with zero attached hydrogens (tertiary/aromatic N) is 5. The fourth-order valence-corrected chi connectivity index (χ4v) is 2.82. The summed E-state index contributed by atoms with van der Waals surface area (Å²) in [6, 6.07) is 3.75. The Morgan fingerprint density at radius 1 is 1.25 bits per heavy atom. The zero-order valence-electron chi connectivity index (χ0n) is 13.7. The number of pyridine rings is 2. The summed E-state index contributed by atoms with van der Waals surface area (Å²) in [5.41, 5.74) is 20.1. The van der Waals surface area contributed by atoms with Crippen LogP contribution in [0.5, 0.6) is 0 Å². The Morgan fingerprint density at radius 2 is 2.08 bits per heavy atom. The number of nitrogen functional groups attached to an aromatic ring is 1. The number of aromatic nitrogens is 4. The molecule has 3 aromatic rings. The van der Waals surface area contributed by atoms with Crippen molar-refractivity contribution in [3.8, 4) is 0 Å². The second-order valence-corrected chi connectivity index (χ2v) is 5.66. The molecule has 0 fully saturated rings. The van der Waals surface area contributed by atoms with Crippen molar-refractivity contribution < 1.29 is 0 Å². The summed E-state index contributed by atoms with van der Waals surface area (Å²) in [6.45, 7) is 3.24. The molecule has 8 nitrogen and oxygen atoms in total. The predicted octanol–water partition coefficient (Wildman–Crippen LogP) is 1.18. The minimum absolute atomic E-state index is 0.0821. The first kappa shape index (κ1) is 16.0. The summed E-state index contributed by atoms with van der Waals surface area (Å²) in [5, 5.41) is 0. The fraction of sp³-hybridized carbons (Fsp3) is 0.375. The second-order valence-electron chi connectivity index (χ2n) is 5.66. The second kappa shape index (κ2) is 6.69. The molecule has 6 N–H and O–H groups in total. The zero-order chi connectivity index (χ0) is 17.1. The molecule has 0 atom stereocenters. The number of hydrogen-bond donors (Lipinski definition) is 3. The Morgan fingerprint density at radius 3 is 2.83 bits per heavy atom. The van der Waals surface area contributed by atoms with Crippen LogP contribution in [0, 0.1) is 0 Å². The van der Waals surface area contributed by atoms with E-state index in [9.17, 15) is 0 Å². The lowest BCUT2D eigenvalue weighted by Gasteiger charge is -2.09. The Bertz CT molecular complexity index is 892. The molecule has 8 heteroatoms. The van der Waals surface area contributed by atoms with Gasteiger partial charge >= 0.3 is 0 Å². The van der Waals surface area contributed by atoms with E-state index >= 15 is 0 Å². The Balaban J connectivity index is 2.20. The van der Waals surface area contributed by atoms with Crippen molar-refractivity contribution in [3.05, 3.63) is 24.2 Å². The number of rotatable bonds is 6. The van der Waals surface area contributed by atoms with E-state index in [1.54, 1.807) is 6.20 Å². The molecule has 0 aromatic carbocycles. The quantitative estimate of drug-likeness (QED) is 0.460. The van der Waals surface area contributed by atoms with Gasteiger partial charge in [-0.1, -0.05) is 13.3 Å². The molecule has 0 aliphatic rings. The van der Waals surface area contributed by atoms with Crippen LogP contribution in [0.1, 0.15) is 25.6 Å². The maximum Gasteiger partial charge on any atom is 0.185 e. The molecule has 0 amide bonds. The summed E-state index contributed by atoms with van der Waals surface area (Å²) >= 11 is 0. The van der Waals surface area contributed by atoms with Gasteiger partial charge in [-0.15, -0.1) is 0 Å². The number of hydrogen-bond acceptors (Lipinski definition) is 5. The minimum atomic E-state index is 0.0821. The van der Waals surface area contributed by atoms with E-state index in [-0.39, 0.29) is 5.96 Å². The zero-order valence-corrected chi connectivity index (χ0v) is 13.7. The summed E-state index contributed by atoms with van der Waals surface area (Å²) < 4.78 is 2.12. The number of aliphatic imine (C=N–C) groups is 1. The molecule has 0 saturated heterocycles. The van der Waals surface area contributed by atoms with E-state index in [0.717, 1.165) is 41.6 Å². The van der Waals surface area contributed by atoms with Gasteiger partial charge in [-0.2, -0.15) is 0 Å². The molecule has 3 aromatic heterocycles. The van der Waals surface area contributed by atoms with Crippen molar-refractivity contribution in [1.29, 1.82) is 0 Å². The lowest BCUT2D eigenvalue weighted by molar-refractivity contribution is 0.652. The van der Waals surface area contributed by atoms with E-state index in [1.165, 1.54) is 0 Å². The number of fused-ring (bicyclic) bond motifs is 3. The molecule has 126 valence electrons. The summed E-state index contributed by atoms with van der Waals surface area (Å²) in [4.78, 5) is 17.7. The number of unbranched alkanes of at least 4 members (excludes halogenated alkanes) is 1. The van der Waals surface area contributed by atoms with Crippen LogP contribution in [0.15, 0.2) is 23.3 Å². The van der Waals surface area contributed by atoms with Crippen LogP contribution in [-0.2, 0) is 13.0 Å². The van der Waals surface area contributed by atoms with Gasteiger partial charge in [-0.3, -0.25) is 9.98 Å². The van der Waals surface area contributed by atoms with Crippen LogP contribution in [0.2, 0.25) is 0 Å². The normalized spacial score (nSPS) is 11.2. The highest BCUT2D eigenvalue weighted by atomic mass is 15.1. The Kier molecular flexibility index (Phi) is 4.45. The summed E-state index contributed by atoms with van der Waals surface area (Å²) in [5.74, 6) is 1.46. The predicted molar refractivity (Wildman–Crippen MR) is 96.5 cm³/mol. The first-order valence-electron chi connectivity index (χ1n) is 8.06. The molecule has 0 radical (unpaired) electrons. The first-order chi connectivity index (χ1) is 11.6. The van der Waals surface area contributed by atoms with Crippen molar-refractivity contribution in [1.82, 2.24) is 19.5 Å². The largest absolute Gasteiger partial charge is 0.382 e. The fourth-order valence-electron chi connectivity index (χ4n) is 2.82. The molecule has 3 rings (SSSR count). The van der Waals surface area contributed by atoms with Gasteiger partial charge in [0, 0.05) is 19.2 Å². The van der Waals surface area contributed by atoms with Crippen LogP contribution in [0.3, 0.4) is 0 Å². The van der Waals surface area contributed by atoms with Crippen LogP contribution in [-0.4, -0.2) is 32.0 Å². The van der Waals surface area contributed by atoms with Gasteiger partial charge in [0.25, 0.3) is 0 Å². The molecule has 3 heterocycles. The molecular weight excluding hydrogens is 304 g/mol. The highest BCUT2D eigenvalue weighted by Gasteiger charge is 2.17. The van der Waals surface area contributed by atoms with Crippen molar-refractivity contribution in [3.63, 3.8) is 0 Å². The van der Waals surface area contributed by atoms with E-state index in [4.69, 9.17) is 22.2 Å². The summed E-state index contributed by atoms with van der Waals surface area (Å²) in [7, 11) is 0. The molecule has 0 bridgehead atoms. The third-order valence-corrected chi connectivity index (χ3v) is 3.91. The highest BCUT2D eigenvalue weighted by Crippen LogP contribution is 2.27. The molecule has 0 unspecified atom stereocenters. The third-order valence-electron chi connectivity index (χ3n) is 3.91. The van der Waals surface area contributed by atoms with Gasteiger partial charge in [0.15, 0.2) is 11.8 Å². The van der Waals surface area contributed by atoms with Crippen molar-refractivity contribution >= 4 is 33.8 Å². The standard InChI is InChI=1S/C16H22N8/c1-2-3-6-11-23-13-14(24(11)9-8-21-16(18)19)12-10(22-15(13)17)5-4-7-20-12/h4-5,7H,2-3,6,8-9H2,1H3,(H2,17,22)(H4,18,19,21). The van der Waals surface area contributed by atoms with Gasteiger partial charge < -0.3 is 21.8 Å². The SMILES string of the molecule is CCCCc1nc2c(N)nc3cccnc3c2n1CCN=C(N)N. The molecule has 0 saturated carbocycles. The van der Waals surface area contributed by atoms with Crippen molar-refractivity contribution in [2.45, 2.75) is 32.7 Å². The third kappa shape index (κ3) is 2.94. The Labute approximate surface area is 139 Å². The number of nitrogens with two attached hydrogens (primary N) is 3. The highest BCUT2D eigenvalue weighted by molar-refractivity contribution is 6.04.